The number of thioether (sulfide) groups is 1. The maximum absolute atomic E-state index is 13.2. The Labute approximate surface area is 194 Å². The summed E-state index contributed by atoms with van der Waals surface area (Å²) in [5.74, 6) is -0.527. The topological polar surface area (TPSA) is 83.9 Å². The van der Waals surface area contributed by atoms with Gasteiger partial charge in [0.25, 0.3) is 0 Å². The van der Waals surface area contributed by atoms with Crippen LogP contribution in [0.15, 0.2) is 46.2 Å². The molecule has 10 heteroatoms. The fourth-order valence-electron chi connectivity index (χ4n) is 2.93. The van der Waals surface area contributed by atoms with Crippen molar-refractivity contribution in [3.05, 3.63) is 47.0 Å². The first kappa shape index (κ1) is 25.6. The van der Waals surface area contributed by atoms with Crippen molar-refractivity contribution in [3.63, 3.8) is 0 Å². The molecule has 0 amide bonds. The van der Waals surface area contributed by atoms with Gasteiger partial charge in [0.05, 0.1) is 4.90 Å². The number of carbonyl (C=O) groups is 1. The second-order valence-electron chi connectivity index (χ2n) is 7.08. The normalized spacial score (nSPS) is 12.7. The zero-order valence-corrected chi connectivity index (χ0v) is 20.1. The highest BCUT2D eigenvalue weighted by Gasteiger charge is 2.26. The fourth-order valence-corrected chi connectivity index (χ4v) is 6.03. The van der Waals surface area contributed by atoms with E-state index >= 15 is 0 Å². The van der Waals surface area contributed by atoms with E-state index in [9.17, 15) is 13.2 Å². The molecule has 1 N–H and O–H groups in total. The Hall–Kier alpha value is -1.68. The van der Waals surface area contributed by atoms with Crippen molar-refractivity contribution in [2.45, 2.75) is 42.2 Å². The summed E-state index contributed by atoms with van der Waals surface area (Å²) in [5.41, 5.74) is 1.14. The lowest BCUT2D eigenvalue weighted by atomic mass is 9.97. The Morgan fingerprint density at radius 1 is 1.29 bits per heavy atom. The summed E-state index contributed by atoms with van der Waals surface area (Å²) in [6, 6.07) is 9.81. The van der Waals surface area contributed by atoms with Crippen LogP contribution in [0.2, 0.25) is 5.02 Å². The van der Waals surface area contributed by atoms with Gasteiger partial charge in [-0.25, -0.2) is 13.2 Å². The van der Waals surface area contributed by atoms with E-state index in [4.69, 9.17) is 29.3 Å². The smallest absolute Gasteiger partial charge is 0.341 e. The maximum atomic E-state index is 13.2. The van der Waals surface area contributed by atoms with Gasteiger partial charge in [-0.05, 0) is 49.2 Å². The number of benzene rings is 2. The molecule has 0 heterocycles. The van der Waals surface area contributed by atoms with Crippen LogP contribution in [0.4, 0.5) is 0 Å². The number of carboxylic acids is 1. The van der Waals surface area contributed by atoms with Gasteiger partial charge in [0.15, 0.2) is 6.61 Å². The van der Waals surface area contributed by atoms with Crippen LogP contribution in [0.1, 0.15) is 25.8 Å². The van der Waals surface area contributed by atoms with Crippen LogP contribution in [-0.4, -0.2) is 56.6 Å². The molecule has 0 spiro atoms. The maximum Gasteiger partial charge on any atom is 0.341 e. The minimum Gasteiger partial charge on any atom is -0.482 e. The number of rotatable bonds is 11. The minimum absolute atomic E-state index is 0.0317. The standard InChI is InChI=1S/C21H25BClNO5S2/c1-4-9-24(31(27,28)17-6-7-18(22)19(23)11-17)12-15(3)30-16-5-8-20(14(2)10-16)29-13-21(25)26/h5-8,10-11,15H,4,9,12-13H2,1-3H3,(H,25,26)/t15-/m1/s1. The number of aliphatic carboxylic acids is 1. The van der Waals surface area contributed by atoms with Crippen molar-refractivity contribution in [1.29, 1.82) is 0 Å². The van der Waals surface area contributed by atoms with Crippen LogP contribution < -0.4 is 10.2 Å². The summed E-state index contributed by atoms with van der Waals surface area (Å²) >= 11 is 7.56. The SMILES string of the molecule is [B]c1ccc(S(=O)(=O)N(CCC)C[C@@H](C)Sc2ccc(OCC(=O)O)c(C)c2)cc1Cl. The van der Waals surface area contributed by atoms with Crippen LogP contribution in [-0.2, 0) is 14.8 Å². The van der Waals surface area contributed by atoms with E-state index in [0.717, 1.165) is 10.5 Å². The van der Waals surface area contributed by atoms with Gasteiger partial charge in [-0.15, -0.1) is 11.8 Å². The number of sulfonamides is 1. The van der Waals surface area contributed by atoms with Crippen LogP contribution in [0.5, 0.6) is 5.75 Å². The molecule has 2 aromatic carbocycles. The average Bonchev–Trinajstić information content (AvgIpc) is 2.68. The molecule has 6 nitrogen and oxygen atoms in total. The van der Waals surface area contributed by atoms with Crippen molar-refractivity contribution in [2.75, 3.05) is 19.7 Å². The van der Waals surface area contributed by atoms with E-state index < -0.39 is 22.6 Å². The average molecular weight is 482 g/mol. The summed E-state index contributed by atoms with van der Waals surface area (Å²) in [5, 5.41) is 8.92. The summed E-state index contributed by atoms with van der Waals surface area (Å²) in [6.45, 7) is 6.03. The molecule has 2 aromatic rings. The van der Waals surface area contributed by atoms with Gasteiger partial charge < -0.3 is 9.84 Å². The Balaban J connectivity index is 2.13. The van der Waals surface area contributed by atoms with Crippen molar-refractivity contribution < 1.29 is 23.1 Å². The van der Waals surface area contributed by atoms with Crippen LogP contribution in [0.3, 0.4) is 0 Å². The second-order valence-corrected chi connectivity index (χ2v) is 10.9. The quantitative estimate of drug-likeness (QED) is 0.391. The lowest BCUT2D eigenvalue weighted by Crippen LogP contribution is -2.36. The van der Waals surface area contributed by atoms with E-state index in [0.29, 0.717) is 30.7 Å². The van der Waals surface area contributed by atoms with Gasteiger partial charge in [0.2, 0.25) is 10.0 Å². The van der Waals surface area contributed by atoms with Gasteiger partial charge >= 0.3 is 5.97 Å². The van der Waals surface area contributed by atoms with Crippen LogP contribution in [0, 0.1) is 6.92 Å². The summed E-state index contributed by atoms with van der Waals surface area (Å²) in [4.78, 5) is 11.7. The Kier molecular flexibility index (Phi) is 9.30. The van der Waals surface area contributed by atoms with Crippen molar-refractivity contribution in [2.24, 2.45) is 0 Å². The van der Waals surface area contributed by atoms with E-state index in [2.05, 4.69) is 0 Å². The molecule has 0 aliphatic rings. The zero-order valence-electron chi connectivity index (χ0n) is 17.7. The summed E-state index contributed by atoms with van der Waals surface area (Å²) in [6.07, 6.45) is 0.675. The number of hydrogen-bond acceptors (Lipinski definition) is 5. The summed E-state index contributed by atoms with van der Waals surface area (Å²) in [7, 11) is 1.99. The Morgan fingerprint density at radius 2 is 2.00 bits per heavy atom. The first-order valence-corrected chi connectivity index (χ1v) is 12.4. The van der Waals surface area contributed by atoms with Gasteiger partial charge in [-0.2, -0.15) is 4.31 Å². The third-order valence-electron chi connectivity index (χ3n) is 4.38. The molecule has 0 saturated heterocycles. The molecule has 0 aliphatic carbocycles. The predicted octanol–water partition coefficient (Wildman–Crippen LogP) is 3.49. The zero-order chi connectivity index (χ0) is 23.2. The summed E-state index contributed by atoms with van der Waals surface area (Å²) < 4.78 is 33.0. The molecule has 0 bridgehead atoms. The number of hydrogen-bond donors (Lipinski definition) is 1. The highest BCUT2D eigenvalue weighted by molar-refractivity contribution is 8.00. The van der Waals surface area contributed by atoms with Crippen LogP contribution >= 0.6 is 23.4 Å². The largest absolute Gasteiger partial charge is 0.482 e. The molecule has 0 fully saturated rings. The molecule has 0 aromatic heterocycles. The van der Waals surface area contributed by atoms with E-state index in [1.165, 1.54) is 34.3 Å². The number of halogens is 1. The third kappa shape index (κ3) is 7.17. The molecule has 0 saturated carbocycles. The second kappa shape index (κ2) is 11.3. The van der Waals surface area contributed by atoms with Crippen molar-refractivity contribution >= 4 is 52.7 Å². The first-order valence-electron chi connectivity index (χ1n) is 9.71. The van der Waals surface area contributed by atoms with E-state index in [-0.39, 0.29) is 15.2 Å². The number of ether oxygens (including phenoxy) is 1. The molecule has 31 heavy (non-hydrogen) atoms. The lowest BCUT2D eigenvalue weighted by molar-refractivity contribution is -0.139. The van der Waals surface area contributed by atoms with Crippen LogP contribution in [0.25, 0.3) is 0 Å². The molecule has 0 aliphatic heterocycles. The van der Waals surface area contributed by atoms with Gasteiger partial charge in [0, 0.05) is 28.3 Å². The number of nitrogens with zero attached hydrogens (tertiary/aromatic N) is 1. The molecular formula is C21H25BClNO5S2. The monoisotopic (exact) mass is 481 g/mol. The van der Waals surface area contributed by atoms with Gasteiger partial charge in [0.1, 0.15) is 13.6 Å². The highest BCUT2D eigenvalue weighted by atomic mass is 35.5. The van der Waals surface area contributed by atoms with Crippen molar-refractivity contribution in [3.8, 4) is 5.75 Å². The van der Waals surface area contributed by atoms with E-state index in [1.807, 2.05) is 32.9 Å². The minimum atomic E-state index is -3.72. The fraction of sp³-hybridized carbons (Fsp3) is 0.381. The lowest BCUT2D eigenvalue weighted by Gasteiger charge is -2.25. The van der Waals surface area contributed by atoms with Gasteiger partial charge in [-0.3, -0.25) is 0 Å². The molecule has 166 valence electrons. The van der Waals surface area contributed by atoms with Gasteiger partial charge in [-0.1, -0.05) is 37.0 Å². The molecule has 2 radical (unpaired) electrons. The Morgan fingerprint density at radius 3 is 2.58 bits per heavy atom. The highest BCUT2D eigenvalue weighted by Crippen LogP contribution is 2.30. The molecular weight excluding hydrogens is 457 g/mol. The van der Waals surface area contributed by atoms with Crippen molar-refractivity contribution in [1.82, 2.24) is 4.31 Å². The number of aryl methyl sites for hydroxylation is 1. The van der Waals surface area contributed by atoms with E-state index in [1.54, 1.807) is 6.07 Å². The predicted molar refractivity (Wildman–Crippen MR) is 126 cm³/mol. The number of carboxylic acid groups (broad SMARTS) is 1. The first-order chi connectivity index (χ1) is 14.5. The molecule has 1 atom stereocenters. The third-order valence-corrected chi connectivity index (χ3v) is 7.64. The Bertz CT molecular complexity index is 1030. The molecule has 2 rings (SSSR count). The molecule has 0 unspecified atom stereocenters.